The summed E-state index contributed by atoms with van der Waals surface area (Å²) in [5, 5.41) is 5.62. The van der Waals surface area contributed by atoms with Crippen LogP contribution in [-0.2, 0) is 17.1 Å². The topological polar surface area (TPSA) is 98.3 Å². The van der Waals surface area contributed by atoms with Crippen LogP contribution >= 0.6 is 0 Å². The number of carbonyl (C=O) groups is 1. The highest BCUT2D eigenvalue weighted by molar-refractivity contribution is 5.77. The highest BCUT2D eigenvalue weighted by atomic mass is 19.4. The van der Waals surface area contributed by atoms with Crippen molar-refractivity contribution in [3.8, 4) is 0 Å². The molecule has 1 amide bonds. The van der Waals surface area contributed by atoms with Gasteiger partial charge >= 0.3 is 12.4 Å². The van der Waals surface area contributed by atoms with Gasteiger partial charge < -0.3 is 14.7 Å². The van der Waals surface area contributed by atoms with Gasteiger partial charge in [0.1, 0.15) is 11.4 Å². The first-order valence-electron chi connectivity index (χ1n) is 10.8. The second-order valence-corrected chi connectivity index (χ2v) is 8.30. The second kappa shape index (κ2) is 9.34. The largest absolute Gasteiger partial charge is 0.421 e. The smallest absolute Gasteiger partial charge is 0.352 e. The van der Waals surface area contributed by atoms with Gasteiger partial charge in [0.25, 0.3) is 5.56 Å². The maximum atomic E-state index is 13.1. The van der Waals surface area contributed by atoms with Crippen molar-refractivity contribution in [3.63, 3.8) is 0 Å². The highest BCUT2D eigenvalue weighted by Crippen LogP contribution is 2.31. The Morgan fingerprint density at radius 1 is 1.00 bits per heavy atom. The number of rotatable bonds is 4. The molecule has 1 N–H and O–H groups in total. The van der Waals surface area contributed by atoms with Gasteiger partial charge in [-0.05, 0) is 12.8 Å². The van der Waals surface area contributed by atoms with Crippen LogP contribution in [0.5, 0.6) is 0 Å². The summed E-state index contributed by atoms with van der Waals surface area (Å²) in [5.41, 5.74) is -3.63. The molecule has 2 aliphatic heterocycles. The van der Waals surface area contributed by atoms with Crippen molar-refractivity contribution in [2.24, 2.45) is 0 Å². The van der Waals surface area contributed by atoms with Gasteiger partial charge in [-0.3, -0.25) is 9.59 Å². The van der Waals surface area contributed by atoms with E-state index in [2.05, 4.69) is 15.1 Å². The first kappa shape index (κ1) is 24.7. The minimum atomic E-state index is -4.83. The van der Waals surface area contributed by atoms with Gasteiger partial charge in [0, 0.05) is 63.6 Å². The molecule has 190 valence electrons. The molecule has 2 fully saturated rings. The van der Waals surface area contributed by atoms with E-state index in [9.17, 15) is 35.9 Å². The predicted octanol–water partition coefficient (Wildman–Crippen LogP) is 2.31. The average molecular weight is 505 g/mol. The average Bonchev–Trinajstić information content (AvgIpc) is 3.26. The first-order valence-corrected chi connectivity index (χ1v) is 10.8. The number of halogens is 6. The number of H-pyrrole nitrogens is 1. The Kier molecular flexibility index (Phi) is 6.60. The van der Waals surface area contributed by atoms with E-state index in [4.69, 9.17) is 0 Å². The molecular weight excluding hydrogens is 484 g/mol. The van der Waals surface area contributed by atoms with Crippen LogP contribution in [-0.4, -0.2) is 69.7 Å². The summed E-state index contributed by atoms with van der Waals surface area (Å²) in [5.74, 6) is -0.108. The number of hydrogen-bond acceptors (Lipinski definition) is 7. The zero-order chi connectivity index (χ0) is 25.4. The van der Waals surface area contributed by atoms with Gasteiger partial charge in [-0.2, -0.15) is 31.4 Å². The molecular formula is C20H21F6N7O2. The molecule has 2 saturated heterocycles. The molecule has 2 aliphatic rings. The number of amides is 1. The van der Waals surface area contributed by atoms with E-state index in [1.807, 2.05) is 5.10 Å². The number of hydrogen-bond donors (Lipinski definition) is 1. The van der Waals surface area contributed by atoms with E-state index in [0.29, 0.717) is 64.0 Å². The van der Waals surface area contributed by atoms with Gasteiger partial charge in [-0.1, -0.05) is 0 Å². The minimum Gasteiger partial charge on any atom is -0.352 e. The van der Waals surface area contributed by atoms with Crippen molar-refractivity contribution in [1.29, 1.82) is 0 Å². The lowest BCUT2D eigenvalue weighted by molar-refractivity contribution is -0.139. The first-order chi connectivity index (χ1) is 16.4. The van der Waals surface area contributed by atoms with Crippen molar-refractivity contribution >= 4 is 17.7 Å². The molecule has 0 saturated carbocycles. The third kappa shape index (κ3) is 5.48. The molecule has 35 heavy (non-hydrogen) atoms. The lowest BCUT2D eigenvalue weighted by atomic mass is 10.1. The van der Waals surface area contributed by atoms with Crippen LogP contribution in [0.25, 0.3) is 0 Å². The molecule has 4 heterocycles. The predicted molar refractivity (Wildman–Crippen MR) is 111 cm³/mol. The molecule has 15 heteroatoms. The molecule has 0 unspecified atom stereocenters. The van der Waals surface area contributed by atoms with E-state index in [0.717, 1.165) is 0 Å². The van der Waals surface area contributed by atoms with Crippen LogP contribution in [0, 0.1) is 0 Å². The Morgan fingerprint density at radius 2 is 1.66 bits per heavy atom. The molecule has 0 bridgehead atoms. The van der Waals surface area contributed by atoms with Crippen LogP contribution in [0.1, 0.15) is 30.4 Å². The van der Waals surface area contributed by atoms with Crippen LogP contribution in [0.2, 0.25) is 0 Å². The molecule has 0 aromatic carbocycles. The number of nitrogens with one attached hydrogen (secondary N) is 1. The van der Waals surface area contributed by atoms with Crippen LogP contribution in [0.15, 0.2) is 23.3 Å². The number of aromatic nitrogens is 4. The van der Waals surface area contributed by atoms with Crippen molar-refractivity contribution in [2.45, 2.75) is 37.7 Å². The number of nitrogens with zero attached hydrogens (tertiary/aromatic N) is 6. The SMILES string of the molecule is O=C(C[C@@H]1CCCN1c1cc(C(F)(F)F)c(=O)[nH]n1)N1CCN(c2ncc(C(F)(F)F)cn2)CC1. The number of anilines is 2. The number of alkyl halides is 6. The van der Waals surface area contributed by atoms with Gasteiger partial charge in [0.15, 0.2) is 0 Å². The fraction of sp³-hybridized carbons (Fsp3) is 0.550. The Hall–Kier alpha value is -3.39. The summed E-state index contributed by atoms with van der Waals surface area (Å²) in [7, 11) is 0. The maximum absolute atomic E-state index is 13.1. The quantitative estimate of drug-likeness (QED) is 0.637. The van der Waals surface area contributed by atoms with Gasteiger partial charge in [0.05, 0.1) is 5.56 Å². The summed E-state index contributed by atoms with van der Waals surface area (Å²) < 4.78 is 77.4. The monoisotopic (exact) mass is 505 g/mol. The van der Waals surface area contributed by atoms with Crippen molar-refractivity contribution in [2.75, 3.05) is 42.5 Å². The Labute approximate surface area is 194 Å². The van der Waals surface area contributed by atoms with E-state index in [-0.39, 0.29) is 30.1 Å². The number of carbonyl (C=O) groups excluding carboxylic acids is 1. The van der Waals surface area contributed by atoms with Gasteiger partial charge in [0.2, 0.25) is 11.9 Å². The van der Waals surface area contributed by atoms with Crippen molar-refractivity contribution in [1.82, 2.24) is 25.1 Å². The van der Waals surface area contributed by atoms with Crippen molar-refractivity contribution in [3.05, 3.63) is 39.9 Å². The fourth-order valence-electron chi connectivity index (χ4n) is 4.22. The molecule has 0 aliphatic carbocycles. The second-order valence-electron chi connectivity index (χ2n) is 8.30. The standard InChI is InChI=1S/C20H21F6N7O2/c21-19(22,23)12-10-27-18(28-11-12)32-6-4-31(5-7-32)16(34)8-13-2-1-3-33(13)15-9-14(20(24,25)26)17(35)30-29-15/h9-11,13H,1-8H2,(H,30,35)/t13-/m0/s1. The van der Waals surface area contributed by atoms with Crippen LogP contribution in [0.4, 0.5) is 38.1 Å². The number of piperazine rings is 1. The van der Waals surface area contributed by atoms with Gasteiger partial charge in [-0.15, -0.1) is 0 Å². The molecule has 2 aromatic rings. The minimum absolute atomic E-state index is 0.0449. The Bertz CT molecular complexity index is 1110. The Morgan fingerprint density at radius 3 is 2.26 bits per heavy atom. The Balaban J connectivity index is 1.36. The van der Waals surface area contributed by atoms with E-state index < -0.39 is 29.0 Å². The fourth-order valence-corrected chi connectivity index (χ4v) is 4.22. The third-order valence-electron chi connectivity index (χ3n) is 6.06. The molecule has 0 radical (unpaired) electrons. The zero-order valence-electron chi connectivity index (χ0n) is 18.2. The summed E-state index contributed by atoms with van der Waals surface area (Å²) in [6.45, 7) is 1.63. The maximum Gasteiger partial charge on any atom is 0.421 e. The summed E-state index contributed by atoms with van der Waals surface area (Å²) >= 11 is 0. The van der Waals surface area contributed by atoms with E-state index in [1.54, 1.807) is 14.7 Å². The van der Waals surface area contributed by atoms with E-state index in [1.165, 1.54) is 0 Å². The van der Waals surface area contributed by atoms with E-state index >= 15 is 0 Å². The normalized spacial score (nSPS) is 19.4. The highest BCUT2D eigenvalue weighted by Gasteiger charge is 2.37. The molecule has 4 rings (SSSR count). The van der Waals surface area contributed by atoms with Crippen LogP contribution in [0.3, 0.4) is 0 Å². The third-order valence-corrected chi connectivity index (χ3v) is 6.06. The zero-order valence-corrected chi connectivity index (χ0v) is 18.2. The summed E-state index contributed by atoms with van der Waals surface area (Å²) in [4.78, 5) is 36.8. The molecule has 9 nitrogen and oxygen atoms in total. The molecule has 1 atom stereocenters. The lowest BCUT2D eigenvalue weighted by Crippen LogP contribution is -2.50. The molecule has 0 spiro atoms. The van der Waals surface area contributed by atoms with Crippen LogP contribution < -0.4 is 15.4 Å². The van der Waals surface area contributed by atoms with Crippen molar-refractivity contribution < 1.29 is 31.1 Å². The lowest BCUT2D eigenvalue weighted by Gasteiger charge is -2.36. The summed E-state index contributed by atoms with van der Waals surface area (Å²) in [6.07, 6.45) is -6.65. The molecule has 2 aromatic heterocycles. The number of aromatic amines is 1. The van der Waals surface area contributed by atoms with Gasteiger partial charge in [-0.25, -0.2) is 15.1 Å². The summed E-state index contributed by atoms with van der Waals surface area (Å²) in [6, 6.07) is 0.322.